The van der Waals surface area contributed by atoms with Crippen molar-refractivity contribution < 1.29 is 13.9 Å². The summed E-state index contributed by atoms with van der Waals surface area (Å²) < 4.78 is 19.4. The van der Waals surface area contributed by atoms with Crippen LogP contribution in [0.4, 0.5) is 4.39 Å². The number of carbonyl (C=O) groups is 1. The molecule has 0 atom stereocenters. The summed E-state index contributed by atoms with van der Waals surface area (Å²) in [5.41, 5.74) is 6.52. The number of halogens is 1. The maximum absolute atomic E-state index is 13.9. The van der Waals surface area contributed by atoms with Crippen LogP contribution < -0.4 is 10.5 Å². The van der Waals surface area contributed by atoms with Gasteiger partial charge < -0.3 is 10.5 Å². The Morgan fingerprint density at radius 1 is 1.18 bits per heavy atom. The maximum atomic E-state index is 13.9. The zero-order valence-corrected chi connectivity index (χ0v) is 13.0. The van der Waals surface area contributed by atoms with Crippen molar-refractivity contribution in [1.82, 2.24) is 0 Å². The fourth-order valence-electron chi connectivity index (χ4n) is 2.04. The fraction of sp³-hybridized carbons (Fsp3) is 0.278. The lowest BCUT2D eigenvalue weighted by Gasteiger charge is -2.23. The standard InChI is InChI=1S/C18H20FNO2/c1-4-18(2,3)13-6-8-14(9-7-13)22-16-10-5-12(17(20)21)11-15(16)19/h5-11H,4H2,1-3H3,(H2,20,21). The van der Waals surface area contributed by atoms with Crippen LogP contribution in [0, 0.1) is 5.82 Å². The predicted molar refractivity (Wildman–Crippen MR) is 84.8 cm³/mol. The second kappa shape index (κ2) is 6.18. The van der Waals surface area contributed by atoms with Gasteiger partial charge in [-0.05, 0) is 47.7 Å². The first-order valence-electron chi connectivity index (χ1n) is 7.21. The fourth-order valence-corrected chi connectivity index (χ4v) is 2.04. The number of ether oxygens (including phenoxy) is 1. The summed E-state index contributed by atoms with van der Waals surface area (Å²) in [6.07, 6.45) is 1.02. The van der Waals surface area contributed by atoms with Gasteiger partial charge in [0.15, 0.2) is 11.6 Å². The molecule has 0 radical (unpaired) electrons. The Morgan fingerprint density at radius 2 is 1.82 bits per heavy atom. The summed E-state index contributed by atoms with van der Waals surface area (Å²) in [4.78, 5) is 11.0. The highest BCUT2D eigenvalue weighted by atomic mass is 19.1. The number of benzene rings is 2. The van der Waals surface area contributed by atoms with Crippen LogP contribution in [0.3, 0.4) is 0 Å². The third-order valence-corrected chi connectivity index (χ3v) is 3.96. The number of nitrogens with two attached hydrogens (primary N) is 1. The number of amides is 1. The van der Waals surface area contributed by atoms with Crippen molar-refractivity contribution in [3.05, 3.63) is 59.4 Å². The summed E-state index contributed by atoms with van der Waals surface area (Å²) in [6, 6.07) is 11.5. The van der Waals surface area contributed by atoms with Crippen LogP contribution in [-0.4, -0.2) is 5.91 Å². The molecule has 2 rings (SSSR count). The van der Waals surface area contributed by atoms with E-state index in [1.54, 1.807) is 0 Å². The summed E-state index contributed by atoms with van der Waals surface area (Å²) in [7, 11) is 0. The average Bonchev–Trinajstić information content (AvgIpc) is 2.49. The summed E-state index contributed by atoms with van der Waals surface area (Å²) in [5, 5.41) is 0. The minimum absolute atomic E-state index is 0.0625. The highest BCUT2D eigenvalue weighted by Gasteiger charge is 2.17. The van der Waals surface area contributed by atoms with E-state index in [4.69, 9.17) is 10.5 Å². The molecular formula is C18H20FNO2. The zero-order valence-electron chi connectivity index (χ0n) is 13.0. The van der Waals surface area contributed by atoms with Crippen LogP contribution in [0.15, 0.2) is 42.5 Å². The molecule has 116 valence electrons. The van der Waals surface area contributed by atoms with Crippen LogP contribution in [0.1, 0.15) is 43.1 Å². The number of hydrogen-bond donors (Lipinski definition) is 1. The second-order valence-corrected chi connectivity index (χ2v) is 5.87. The van der Waals surface area contributed by atoms with Gasteiger partial charge in [-0.2, -0.15) is 0 Å². The third-order valence-electron chi connectivity index (χ3n) is 3.96. The van der Waals surface area contributed by atoms with Gasteiger partial charge in [-0.15, -0.1) is 0 Å². The summed E-state index contributed by atoms with van der Waals surface area (Å²) in [5.74, 6) is -0.681. The van der Waals surface area contributed by atoms with Gasteiger partial charge in [-0.25, -0.2) is 4.39 Å². The zero-order chi connectivity index (χ0) is 16.3. The molecule has 0 spiro atoms. The van der Waals surface area contributed by atoms with Gasteiger partial charge in [0.1, 0.15) is 5.75 Å². The molecule has 2 N–H and O–H groups in total. The van der Waals surface area contributed by atoms with Crippen molar-refractivity contribution in [2.45, 2.75) is 32.6 Å². The molecule has 1 amide bonds. The Balaban J connectivity index is 2.19. The lowest BCUT2D eigenvalue weighted by Crippen LogP contribution is -2.14. The smallest absolute Gasteiger partial charge is 0.248 e. The highest BCUT2D eigenvalue weighted by Crippen LogP contribution is 2.30. The Kier molecular flexibility index (Phi) is 4.50. The van der Waals surface area contributed by atoms with E-state index in [0.717, 1.165) is 12.5 Å². The lowest BCUT2D eigenvalue weighted by atomic mass is 9.82. The summed E-state index contributed by atoms with van der Waals surface area (Å²) in [6.45, 7) is 6.48. The molecule has 2 aromatic carbocycles. The van der Waals surface area contributed by atoms with Gasteiger partial charge in [0, 0.05) is 5.56 Å². The SMILES string of the molecule is CCC(C)(C)c1ccc(Oc2ccc(C(N)=O)cc2F)cc1. The molecule has 2 aromatic rings. The Labute approximate surface area is 129 Å². The van der Waals surface area contributed by atoms with Gasteiger partial charge in [-0.3, -0.25) is 4.79 Å². The second-order valence-electron chi connectivity index (χ2n) is 5.87. The van der Waals surface area contributed by atoms with Gasteiger partial charge in [0.2, 0.25) is 5.91 Å². The van der Waals surface area contributed by atoms with E-state index in [1.165, 1.54) is 17.7 Å². The Bertz CT molecular complexity index is 678. The largest absolute Gasteiger partial charge is 0.454 e. The number of hydrogen-bond acceptors (Lipinski definition) is 2. The molecule has 0 aliphatic carbocycles. The van der Waals surface area contributed by atoms with Crippen LogP contribution in [0.25, 0.3) is 0 Å². The van der Waals surface area contributed by atoms with Gasteiger partial charge in [0.25, 0.3) is 0 Å². The van der Waals surface area contributed by atoms with E-state index in [0.29, 0.717) is 5.75 Å². The van der Waals surface area contributed by atoms with Gasteiger partial charge >= 0.3 is 0 Å². The normalized spacial score (nSPS) is 11.3. The van der Waals surface area contributed by atoms with E-state index in [-0.39, 0.29) is 16.7 Å². The Morgan fingerprint density at radius 3 is 2.32 bits per heavy atom. The lowest BCUT2D eigenvalue weighted by molar-refractivity contribution is 0.1000. The number of carbonyl (C=O) groups excluding carboxylic acids is 1. The topological polar surface area (TPSA) is 52.3 Å². The van der Waals surface area contributed by atoms with Crippen LogP contribution in [0.5, 0.6) is 11.5 Å². The molecule has 0 aliphatic rings. The van der Waals surface area contributed by atoms with Crippen LogP contribution in [-0.2, 0) is 5.41 Å². The molecule has 0 heterocycles. The first-order chi connectivity index (χ1) is 10.3. The van der Waals surface area contributed by atoms with E-state index in [9.17, 15) is 9.18 Å². The van der Waals surface area contributed by atoms with Crippen molar-refractivity contribution >= 4 is 5.91 Å². The first kappa shape index (κ1) is 16.0. The first-order valence-corrected chi connectivity index (χ1v) is 7.21. The molecule has 0 fully saturated rings. The predicted octanol–water partition coefficient (Wildman–Crippen LogP) is 4.40. The van der Waals surface area contributed by atoms with Crippen molar-refractivity contribution in [2.75, 3.05) is 0 Å². The molecule has 0 unspecified atom stereocenters. The minimum Gasteiger partial charge on any atom is -0.454 e. The van der Waals surface area contributed by atoms with E-state index >= 15 is 0 Å². The van der Waals surface area contributed by atoms with Crippen molar-refractivity contribution in [3.8, 4) is 11.5 Å². The molecule has 4 heteroatoms. The molecule has 0 aromatic heterocycles. The van der Waals surface area contributed by atoms with E-state index < -0.39 is 11.7 Å². The number of rotatable bonds is 5. The molecule has 0 saturated heterocycles. The molecule has 0 aliphatic heterocycles. The summed E-state index contributed by atoms with van der Waals surface area (Å²) >= 11 is 0. The maximum Gasteiger partial charge on any atom is 0.248 e. The highest BCUT2D eigenvalue weighted by molar-refractivity contribution is 5.92. The molecule has 22 heavy (non-hydrogen) atoms. The molecule has 3 nitrogen and oxygen atoms in total. The van der Waals surface area contributed by atoms with Crippen LogP contribution >= 0.6 is 0 Å². The monoisotopic (exact) mass is 301 g/mol. The van der Waals surface area contributed by atoms with E-state index in [2.05, 4.69) is 20.8 Å². The quantitative estimate of drug-likeness (QED) is 0.889. The van der Waals surface area contributed by atoms with Crippen LogP contribution in [0.2, 0.25) is 0 Å². The molecular weight excluding hydrogens is 281 g/mol. The minimum atomic E-state index is -0.670. The van der Waals surface area contributed by atoms with E-state index in [1.807, 2.05) is 24.3 Å². The average molecular weight is 301 g/mol. The molecule has 0 bridgehead atoms. The van der Waals surface area contributed by atoms with Gasteiger partial charge in [0.05, 0.1) is 0 Å². The molecule has 0 saturated carbocycles. The third kappa shape index (κ3) is 3.45. The Hall–Kier alpha value is -2.36. The number of primary amides is 1. The van der Waals surface area contributed by atoms with Gasteiger partial charge in [-0.1, -0.05) is 32.9 Å². The van der Waals surface area contributed by atoms with Crippen molar-refractivity contribution in [2.24, 2.45) is 5.73 Å². The van der Waals surface area contributed by atoms with Crippen molar-refractivity contribution in [1.29, 1.82) is 0 Å². The van der Waals surface area contributed by atoms with Crippen molar-refractivity contribution in [3.63, 3.8) is 0 Å².